The summed E-state index contributed by atoms with van der Waals surface area (Å²) in [6.45, 7) is 0.672. The largest absolute Gasteiger partial charge is 0.464 e. The van der Waals surface area contributed by atoms with Crippen LogP contribution in [0.15, 0.2) is 97.1 Å². The second kappa shape index (κ2) is 12.4. The molecule has 2 atom stereocenters. The molecular weight excluding hydrogens is 554 g/mol. The van der Waals surface area contributed by atoms with Crippen LogP contribution in [0.3, 0.4) is 0 Å². The van der Waals surface area contributed by atoms with Crippen molar-refractivity contribution in [2.24, 2.45) is 5.50 Å². The van der Waals surface area contributed by atoms with E-state index >= 15 is 0 Å². The van der Waals surface area contributed by atoms with E-state index in [9.17, 15) is 4.57 Å². The summed E-state index contributed by atoms with van der Waals surface area (Å²) in [6, 6.07) is 32.5. The van der Waals surface area contributed by atoms with Crippen molar-refractivity contribution >= 4 is 41.6 Å². The van der Waals surface area contributed by atoms with Gasteiger partial charge in [0.15, 0.2) is 5.60 Å². The first-order chi connectivity index (χ1) is 19.0. The van der Waals surface area contributed by atoms with E-state index in [-0.39, 0.29) is 18.4 Å². The van der Waals surface area contributed by atoms with E-state index in [1.165, 1.54) is 4.67 Å². The number of fused-ring (bicyclic) bond motifs is 3. The van der Waals surface area contributed by atoms with Gasteiger partial charge in [0, 0.05) is 42.2 Å². The fourth-order valence-corrected chi connectivity index (χ4v) is 7.02. The topological polar surface area (TPSA) is 74.0 Å². The van der Waals surface area contributed by atoms with Gasteiger partial charge in [-0.1, -0.05) is 97.1 Å². The summed E-state index contributed by atoms with van der Waals surface area (Å²) in [5.41, 5.74) is 8.01. The van der Waals surface area contributed by atoms with Gasteiger partial charge < -0.3 is 14.0 Å². The summed E-state index contributed by atoms with van der Waals surface area (Å²) in [6.07, 6.45) is -0.417. The minimum absolute atomic E-state index is 0.0548. The highest BCUT2D eigenvalue weighted by molar-refractivity contribution is 7.53. The molecule has 39 heavy (non-hydrogen) atoms. The third kappa shape index (κ3) is 5.75. The average molecular weight is 585 g/mol. The molecule has 1 aliphatic rings. The van der Waals surface area contributed by atoms with E-state index in [4.69, 9.17) is 42.7 Å². The second-order valence-electron chi connectivity index (χ2n) is 9.26. The third-order valence-corrected chi connectivity index (χ3v) is 8.97. The minimum Gasteiger partial charge on any atom is -0.464 e. The van der Waals surface area contributed by atoms with E-state index in [0.717, 1.165) is 33.2 Å². The fraction of sp³-hybridized carbons (Fsp3) is 0.267. The first-order valence-electron chi connectivity index (χ1n) is 12.9. The highest BCUT2D eigenvalue weighted by Crippen LogP contribution is 2.51. The van der Waals surface area contributed by atoms with Crippen molar-refractivity contribution in [3.05, 3.63) is 114 Å². The van der Waals surface area contributed by atoms with Crippen molar-refractivity contribution in [2.75, 3.05) is 31.5 Å². The Morgan fingerprint density at radius 1 is 0.846 bits per heavy atom. The van der Waals surface area contributed by atoms with Gasteiger partial charge in [0.25, 0.3) is 0 Å². The predicted molar refractivity (Wildman–Crippen MR) is 158 cm³/mol. The molecule has 0 amide bonds. The standard InChI is InChI=1S/C30H31Cl2N2O4P/c31-18-20-34(21-19-32)39(33,35)36-22-17-28-37-29-26-14-8-7-9-23(26)15-16-27(29)30(38-28,24-10-3-1-4-11-24)25-12-5-2-6-13-25/h1-16,28H,17-22H2,(H2,33,35). The monoisotopic (exact) mass is 584 g/mol. The molecule has 0 fully saturated rings. The van der Waals surface area contributed by atoms with Gasteiger partial charge in [0.2, 0.25) is 6.29 Å². The van der Waals surface area contributed by atoms with Crippen LogP contribution in [0.25, 0.3) is 10.8 Å². The lowest BCUT2D eigenvalue weighted by atomic mass is 9.78. The Hall–Kier alpha value is -2.41. The van der Waals surface area contributed by atoms with Crippen molar-refractivity contribution < 1.29 is 18.6 Å². The van der Waals surface area contributed by atoms with Gasteiger partial charge in [-0.15, -0.1) is 23.2 Å². The number of nitrogens with two attached hydrogens (primary N) is 1. The Kier molecular flexibility index (Phi) is 8.95. The molecule has 4 aromatic rings. The molecule has 2 N–H and O–H groups in total. The Bertz CT molecular complexity index is 1400. The van der Waals surface area contributed by atoms with Crippen LogP contribution in [0, 0.1) is 0 Å². The van der Waals surface area contributed by atoms with Crippen LogP contribution in [0.2, 0.25) is 0 Å². The molecule has 4 aromatic carbocycles. The van der Waals surface area contributed by atoms with Crippen LogP contribution in [0.1, 0.15) is 23.1 Å². The molecule has 204 valence electrons. The van der Waals surface area contributed by atoms with Gasteiger partial charge in [0.05, 0.1) is 6.61 Å². The zero-order valence-electron chi connectivity index (χ0n) is 21.4. The van der Waals surface area contributed by atoms with E-state index in [1.54, 1.807) is 0 Å². The molecule has 0 aromatic heterocycles. The van der Waals surface area contributed by atoms with Crippen molar-refractivity contribution in [3.63, 3.8) is 0 Å². The number of nitrogens with zero attached hydrogens (tertiary/aromatic N) is 1. The van der Waals surface area contributed by atoms with Gasteiger partial charge in [-0.3, -0.25) is 4.57 Å². The summed E-state index contributed by atoms with van der Waals surface area (Å²) >= 11 is 11.8. The fourth-order valence-electron chi connectivity index (χ4n) is 5.09. The highest BCUT2D eigenvalue weighted by Gasteiger charge is 2.46. The Morgan fingerprint density at radius 2 is 1.44 bits per heavy atom. The molecule has 0 radical (unpaired) electrons. The van der Waals surface area contributed by atoms with E-state index in [1.807, 2.05) is 48.5 Å². The number of ether oxygens (including phenoxy) is 2. The molecular formula is C30H31Cl2N2O4P. The molecule has 5 rings (SSSR count). The van der Waals surface area contributed by atoms with Gasteiger partial charge in [0.1, 0.15) is 5.75 Å². The number of hydrogen-bond acceptors (Lipinski definition) is 4. The van der Waals surface area contributed by atoms with Gasteiger partial charge in [-0.05, 0) is 16.5 Å². The summed E-state index contributed by atoms with van der Waals surface area (Å²) in [4.78, 5) is 0. The highest BCUT2D eigenvalue weighted by atomic mass is 35.5. The Labute approximate surface area is 239 Å². The molecule has 0 saturated carbocycles. The Morgan fingerprint density at radius 3 is 2.05 bits per heavy atom. The number of hydrogen-bond donors (Lipinski definition) is 1. The molecule has 0 aliphatic carbocycles. The van der Waals surface area contributed by atoms with Crippen molar-refractivity contribution in [1.29, 1.82) is 0 Å². The number of halogens is 2. The first-order valence-corrected chi connectivity index (χ1v) is 15.6. The van der Waals surface area contributed by atoms with Crippen LogP contribution in [0.4, 0.5) is 0 Å². The van der Waals surface area contributed by atoms with E-state index < -0.39 is 19.6 Å². The lowest BCUT2D eigenvalue weighted by molar-refractivity contribution is -0.167. The maximum atomic E-state index is 13.2. The van der Waals surface area contributed by atoms with Crippen LogP contribution >= 0.6 is 30.9 Å². The van der Waals surface area contributed by atoms with Crippen LogP contribution in [-0.2, 0) is 19.4 Å². The first kappa shape index (κ1) is 28.1. The predicted octanol–water partition coefficient (Wildman–Crippen LogP) is 7.12. The van der Waals surface area contributed by atoms with E-state index in [0.29, 0.717) is 19.5 Å². The number of benzene rings is 4. The van der Waals surface area contributed by atoms with Crippen LogP contribution < -0.4 is 10.2 Å². The molecule has 0 bridgehead atoms. The minimum atomic E-state index is -3.60. The quantitative estimate of drug-likeness (QED) is 0.149. The molecule has 0 saturated heterocycles. The van der Waals surface area contributed by atoms with Crippen LogP contribution in [-0.4, -0.2) is 42.4 Å². The molecule has 2 unspecified atom stereocenters. The maximum Gasteiger partial charge on any atom is 0.340 e. The summed E-state index contributed by atoms with van der Waals surface area (Å²) in [7, 11) is -3.60. The summed E-state index contributed by atoms with van der Waals surface area (Å²) in [5, 5.41) is 2.05. The summed E-state index contributed by atoms with van der Waals surface area (Å²) in [5.74, 6) is 1.27. The Balaban J connectivity index is 1.55. The van der Waals surface area contributed by atoms with Crippen LogP contribution in [0.5, 0.6) is 5.75 Å². The smallest absolute Gasteiger partial charge is 0.340 e. The SMILES string of the molecule is NP(=O)(OCCC1Oc2c(ccc3ccccc23)C(c2ccccc2)(c2ccccc2)O1)N(CCCl)CCCl. The third-order valence-electron chi connectivity index (χ3n) is 6.89. The van der Waals surface area contributed by atoms with Crippen molar-refractivity contribution in [3.8, 4) is 5.75 Å². The second-order valence-corrected chi connectivity index (χ2v) is 12.0. The lowest BCUT2D eigenvalue weighted by Crippen LogP contribution is -2.43. The zero-order valence-corrected chi connectivity index (χ0v) is 23.8. The van der Waals surface area contributed by atoms with E-state index in [2.05, 4.69) is 48.5 Å². The number of alkyl halides is 2. The zero-order chi connectivity index (χ0) is 27.3. The van der Waals surface area contributed by atoms with Gasteiger partial charge in [-0.25, -0.2) is 10.2 Å². The summed E-state index contributed by atoms with van der Waals surface area (Å²) < 4.78 is 33.8. The van der Waals surface area contributed by atoms with Gasteiger partial charge in [-0.2, -0.15) is 0 Å². The van der Waals surface area contributed by atoms with Crippen molar-refractivity contribution in [2.45, 2.75) is 18.3 Å². The van der Waals surface area contributed by atoms with Gasteiger partial charge >= 0.3 is 7.67 Å². The maximum absolute atomic E-state index is 13.2. The molecule has 1 aliphatic heterocycles. The lowest BCUT2D eigenvalue weighted by Gasteiger charge is -2.44. The molecule has 1 heterocycles. The normalized spacial score (nSPS) is 17.9. The molecule has 6 nitrogen and oxygen atoms in total. The molecule has 9 heteroatoms. The molecule has 0 spiro atoms. The number of rotatable bonds is 11. The van der Waals surface area contributed by atoms with Crippen molar-refractivity contribution in [1.82, 2.24) is 4.67 Å². The average Bonchev–Trinajstić information content (AvgIpc) is 2.97.